The first-order valence-corrected chi connectivity index (χ1v) is 10.8. The van der Waals surface area contributed by atoms with E-state index in [-0.39, 0.29) is 24.1 Å². The lowest BCUT2D eigenvalue weighted by atomic mass is 10.3. The Morgan fingerprint density at radius 3 is 2.50 bits per heavy atom. The molecule has 1 saturated heterocycles. The van der Waals surface area contributed by atoms with E-state index in [2.05, 4.69) is 0 Å². The fraction of sp³-hybridized carbons (Fsp3) is 1.00. The lowest BCUT2D eigenvalue weighted by molar-refractivity contribution is 0.401. The molecule has 18 heavy (non-hydrogen) atoms. The largest absolute Gasteiger partial charge is 0.227 e. The van der Waals surface area contributed by atoms with Crippen LogP contribution in [0.5, 0.6) is 0 Å². The van der Waals surface area contributed by atoms with Gasteiger partial charge >= 0.3 is 0 Å². The van der Waals surface area contributed by atoms with Gasteiger partial charge in [-0.15, -0.1) is 11.6 Å². The van der Waals surface area contributed by atoms with Gasteiger partial charge in [0.2, 0.25) is 10.0 Å². The maximum Gasteiger partial charge on any atom is 0.215 e. The van der Waals surface area contributed by atoms with Crippen molar-refractivity contribution in [2.75, 3.05) is 35.9 Å². The molecule has 9 heteroatoms. The molecule has 108 valence electrons. The maximum atomic E-state index is 12.2. The van der Waals surface area contributed by atoms with Gasteiger partial charge in [-0.2, -0.15) is 16.1 Å². The number of halogens is 1. The third-order valence-electron chi connectivity index (χ3n) is 2.65. The molecule has 0 N–H and O–H groups in total. The highest BCUT2D eigenvalue weighted by Gasteiger charge is 2.38. The molecule has 0 radical (unpaired) electrons. The molecule has 2 atom stereocenters. The van der Waals surface area contributed by atoms with E-state index < -0.39 is 25.2 Å². The Bertz CT molecular complexity index is 476. The summed E-state index contributed by atoms with van der Waals surface area (Å²) in [5.74, 6) is 0.873. The molecule has 0 amide bonds. The lowest BCUT2D eigenvalue weighted by Gasteiger charge is -2.33. The van der Waals surface area contributed by atoms with Crippen LogP contribution in [0, 0.1) is 5.92 Å². The van der Waals surface area contributed by atoms with Crippen LogP contribution in [0.25, 0.3) is 0 Å². The van der Waals surface area contributed by atoms with E-state index >= 15 is 0 Å². The highest BCUT2D eigenvalue weighted by molar-refractivity contribution is 8.01. The van der Waals surface area contributed by atoms with Crippen molar-refractivity contribution in [1.82, 2.24) is 4.31 Å². The van der Waals surface area contributed by atoms with Crippen molar-refractivity contribution in [2.24, 2.45) is 5.92 Å². The lowest BCUT2D eigenvalue weighted by Crippen LogP contribution is -2.51. The third kappa shape index (κ3) is 4.26. The van der Waals surface area contributed by atoms with Crippen molar-refractivity contribution in [2.45, 2.75) is 12.3 Å². The second kappa shape index (κ2) is 6.30. The van der Waals surface area contributed by atoms with E-state index in [0.717, 1.165) is 10.6 Å². The molecule has 1 aliphatic heterocycles. The Hall–Kier alpha value is 0.500. The second-order valence-electron chi connectivity index (χ2n) is 4.51. The first-order valence-electron chi connectivity index (χ1n) is 5.50. The van der Waals surface area contributed by atoms with Crippen molar-refractivity contribution >= 4 is 43.2 Å². The third-order valence-corrected chi connectivity index (χ3v) is 8.09. The van der Waals surface area contributed by atoms with E-state index in [1.54, 1.807) is 6.92 Å². The predicted octanol–water partition coefficient (Wildman–Crippen LogP) is 0.611. The van der Waals surface area contributed by atoms with Gasteiger partial charge in [-0.3, -0.25) is 0 Å². The monoisotopic (exact) mass is 335 g/mol. The molecule has 0 aromatic carbocycles. The van der Waals surface area contributed by atoms with Crippen LogP contribution in [-0.4, -0.2) is 62.5 Å². The van der Waals surface area contributed by atoms with Gasteiger partial charge in [-0.05, 0) is 5.92 Å². The maximum absolute atomic E-state index is 12.2. The van der Waals surface area contributed by atoms with Gasteiger partial charge in [-0.25, -0.2) is 16.8 Å². The molecule has 0 aromatic heterocycles. The van der Waals surface area contributed by atoms with Crippen LogP contribution in [0.4, 0.5) is 0 Å². The van der Waals surface area contributed by atoms with E-state index in [9.17, 15) is 16.8 Å². The van der Waals surface area contributed by atoms with Crippen molar-refractivity contribution in [3.8, 4) is 0 Å². The van der Waals surface area contributed by atoms with E-state index in [0.29, 0.717) is 11.5 Å². The van der Waals surface area contributed by atoms with Crippen LogP contribution in [-0.2, 0) is 19.9 Å². The molecule has 1 rings (SSSR count). The zero-order chi connectivity index (χ0) is 14.0. The number of nitrogens with zero attached hydrogens (tertiary/aromatic N) is 1. The van der Waals surface area contributed by atoms with Gasteiger partial charge in [-0.1, -0.05) is 6.92 Å². The van der Waals surface area contributed by atoms with Crippen LogP contribution in [0.15, 0.2) is 0 Å². The quantitative estimate of drug-likeness (QED) is 0.688. The van der Waals surface area contributed by atoms with Gasteiger partial charge in [0.1, 0.15) is 5.37 Å². The molecular weight excluding hydrogens is 318 g/mol. The predicted molar refractivity (Wildman–Crippen MR) is 76.3 cm³/mol. The topological polar surface area (TPSA) is 71.5 Å². The Kier molecular flexibility index (Phi) is 5.79. The summed E-state index contributed by atoms with van der Waals surface area (Å²) in [6.07, 6.45) is 1.08. The summed E-state index contributed by atoms with van der Waals surface area (Å²) in [5, 5.41) is -0.941. The van der Waals surface area contributed by atoms with Gasteiger partial charge in [0.15, 0.2) is 9.84 Å². The van der Waals surface area contributed by atoms with E-state index in [4.69, 9.17) is 11.6 Å². The van der Waals surface area contributed by atoms with Crippen molar-refractivity contribution in [3.63, 3.8) is 0 Å². The van der Waals surface area contributed by atoms with E-state index in [1.807, 2.05) is 0 Å². The molecule has 1 aliphatic rings. The first-order chi connectivity index (χ1) is 8.18. The summed E-state index contributed by atoms with van der Waals surface area (Å²) in [7, 11) is -6.98. The Morgan fingerprint density at radius 1 is 1.39 bits per heavy atom. The van der Waals surface area contributed by atoms with Crippen LogP contribution in [0.3, 0.4) is 0 Å². The summed E-state index contributed by atoms with van der Waals surface area (Å²) in [4.78, 5) is 0. The molecule has 1 fully saturated rings. The number of sulfone groups is 1. The smallest absolute Gasteiger partial charge is 0.215 e. The molecule has 0 spiro atoms. The number of rotatable bonds is 5. The van der Waals surface area contributed by atoms with Crippen molar-refractivity contribution in [1.29, 1.82) is 0 Å². The number of hydrogen-bond acceptors (Lipinski definition) is 5. The Morgan fingerprint density at radius 2 is 2.00 bits per heavy atom. The normalized spacial score (nSPS) is 24.9. The van der Waals surface area contributed by atoms with Gasteiger partial charge in [0.25, 0.3) is 0 Å². The van der Waals surface area contributed by atoms with Gasteiger partial charge in [0.05, 0.1) is 5.75 Å². The highest BCUT2D eigenvalue weighted by Crippen LogP contribution is 2.24. The summed E-state index contributed by atoms with van der Waals surface area (Å²) >= 11 is 7.08. The standard InChI is InChI=1S/C9H18ClNO4S3/c1-8(5-10)7-18(14,15)11-3-4-16-6-9(11)17(2,12)13/h8-9H,3-7H2,1-2H3. The first kappa shape index (κ1) is 16.6. The average Bonchev–Trinajstić information content (AvgIpc) is 2.27. The number of alkyl halides is 1. The Labute approximate surface area is 118 Å². The van der Waals surface area contributed by atoms with Crippen LogP contribution < -0.4 is 0 Å². The number of thioether (sulfide) groups is 1. The SMILES string of the molecule is CC(CCl)CS(=O)(=O)N1CCSCC1S(C)(=O)=O. The summed E-state index contributed by atoms with van der Waals surface area (Å²) in [6.45, 7) is 1.98. The zero-order valence-electron chi connectivity index (χ0n) is 10.4. The summed E-state index contributed by atoms with van der Waals surface area (Å²) in [6, 6.07) is 0. The minimum Gasteiger partial charge on any atom is -0.227 e. The fourth-order valence-electron chi connectivity index (χ4n) is 1.72. The molecule has 0 aromatic rings. The molecule has 0 aliphatic carbocycles. The molecule has 5 nitrogen and oxygen atoms in total. The van der Waals surface area contributed by atoms with Crippen LogP contribution >= 0.6 is 23.4 Å². The Balaban J connectivity index is 2.97. The van der Waals surface area contributed by atoms with E-state index in [1.165, 1.54) is 11.8 Å². The summed E-state index contributed by atoms with van der Waals surface area (Å²) < 4.78 is 48.8. The average molecular weight is 336 g/mol. The van der Waals surface area contributed by atoms with Crippen molar-refractivity contribution in [3.05, 3.63) is 0 Å². The summed E-state index contributed by atoms with van der Waals surface area (Å²) in [5.41, 5.74) is 0. The molecule has 2 unspecified atom stereocenters. The zero-order valence-corrected chi connectivity index (χ0v) is 13.6. The fourth-order valence-corrected chi connectivity index (χ4v) is 7.55. The minimum atomic E-state index is -3.57. The molecular formula is C9H18ClNO4S3. The van der Waals surface area contributed by atoms with Crippen LogP contribution in [0.1, 0.15) is 6.92 Å². The molecule has 0 saturated carbocycles. The minimum absolute atomic E-state index is 0.104. The number of sulfonamides is 1. The molecule has 0 bridgehead atoms. The van der Waals surface area contributed by atoms with Gasteiger partial charge in [0, 0.05) is 30.2 Å². The van der Waals surface area contributed by atoms with Crippen molar-refractivity contribution < 1.29 is 16.8 Å². The second-order valence-corrected chi connectivity index (χ2v) is 10.1. The van der Waals surface area contributed by atoms with Crippen LogP contribution in [0.2, 0.25) is 0 Å². The molecule has 1 heterocycles. The number of hydrogen-bond donors (Lipinski definition) is 0. The van der Waals surface area contributed by atoms with Gasteiger partial charge < -0.3 is 0 Å². The highest BCUT2D eigenvalue weighted by atomic mass is 35.5.